The minimum absolute atomic E-state index is 0. The maximum absolute atomic E-state index is 12.5. The number of phenolic OH excluding ortho intramolecular Hbond substituents is 1. The van der Waals surface area contributed by atoms with Crippen LogP contribution in [0.5, 0.6) is 5.75 Å². The van der Waals surface area contributed by atoms with Crippen LogP contribution >= 0.6 is 0 Å². The molecule has 0 aliphatic heterocycles. The summed E-state index contributed by atoms with van der Waals surface area (Å²) in [4.78, 5) is 10.7. The molecular formula is C67H62N3OPt-. The summed E-state index contributed by atoms with van der Waals surface area (Å²) in [5, 5.41) is 12.5. The molecule has 2 heterocycles. The number of rotatable bonds is 11. The molecule has 10 aromatic rings. The number of hydrogen-bond donors (Lipinski definition) is 1. The van der Waals surface area contributed by atoms with Gasteiger partial charge in [0.15, 0.2) is 0 Å². The van der Waals surface area contributed by atoms with Crippen molar-refractivity contribution in [2.75, 3.05) is 0 Å². The van der Waals surface area contributed by atoms with Gasteiger partial charge in [0.2, 0.25) is 0 Å². The largest absolute Gasteiger partial charge is 0.507 e. The quantitative estimate of drug-likeness (QED) is 0.131. The Kier molecular flexibility index (Phi) is 13.8. The first kappa shape index (κ1) is 48.5. The molecule has 0 atom stereocenters. The zero-order valence-corrected chi connectivity index (χ0v) is 44.9. The summed E-state index contributed by atoms with van der Waals surface area (Å²) < 4.78 is 11.8. The van der Waals surface area contributed by atoms with E-state index < -0.39 is 5.89 Å². The van der Waals surface area contributed by atoms with Gasteiger partial charge in [-0.05, 0) is 109 Å². The molecule has 8 aromatic carbocycles. The number of nitrogens with zero attached hydrogens (tertiary/aromatic N) is 3. The summed E-state index contributed by atoms with van der Waals surface area (Å²) in [5.74, 6) is 0.196. The molecule has 0 amide bonds. The van der Waals surface area contributed by atoms with Crippen molar-refractivity contribution in [1.82, 2.24) is 14.5 Å². The molecule has 0 saturated carbocycles. The van der Waals surface area contributed by atoms with Gasteiger partial charge in [-0.15, -0.1) is 29.3 Å². The van der Waals surface area contributed by atoms with E-state index in [2.05, 4.69) is 223 Å². The molecule has 0 aliphatic carbocycles. The molecule has 5 heteroatoms. The smallest absolute Gasteiger partial charge is 0.148 e. The van der Waals surface area contributed by atoms with Crippen molar-refractivity contribution >= 4 is 11.0 Å². The zero-order valence-electron chi connectivity index (χ0n) is 43.7. The molecule has 0 fully saturated rings. The standard InChI is InChI=1S/C67H62N3O.Pt/c1-42(2)51-37-57(44(5)6)65(71)60(38-51)66-69-64-55(26-19-27-62(64)70(66)63-41-58(48-22-15-11-16-23-48)56(43(3)4)40-59(63)49-24-17-12-18-25-49)52-34-53(36-54(35-52)67(7,8)9)61-39-50(32-33-68-61)47-30-28-46(29-31-47)45-20-13-10-14-21-45;/h10-33,35-44,71H,1-9H3;/q-1;/i43D;. The number of benzene rings is 8. The predicted molar refractivity (Wildman–Crippen MR) is 298 cm³/mol. The third-order valence-electron chi connectivity index (χ3n) is 13.8. The summed E-state index contributed by atoms with van der Waals surface area (Å²) in [5.41, 5.74) is 19.2. The van der Waals surface area contributed by atoms with Gasteiger partial charge < -0.3 is 5.11 Å². The van der Waals surface area contributed by atoms with Crippen molar-refractivity contribution in [3.8, 4) is 89.7 Å². The number of aromatic hydroxyl groups is 1. The van der Waals surface area contributed by atoms with Gasteiger partial charge >= 0.3 is 0 Å². The Balaban J connectivity index is 0.00000656. The number of fused-ring (bicyclic) bond motifs is 1. The van der Waals surface area contributed by atoms with Crippen LogP contribution in [-0.2, 0) is 26.5 Å². The van der Waals surface area contributed by atoms with Crippen molar-refractivity contribution < 1.29 is 27.5 Å². The topological polar surface area (TPSA) is 50.9 Å². The monoisotopic (exact) mass is 1120 g/mol. The number of para-hydroxylation sites is 1. The van der Waals surface area contributed by atoms with Gasteiger partial charge in [0.1, 0.15) is 11.6 Å². The van der Waals surface area contributed by atoms with Crippen molar-refractivity contribution in [3.05, 3.63) is 217 Å². The Bertz CT molecular complexity index is 3590. The van der Waals surface area contributed by atoms with Crippen LogP contribution in [0.15, 0.2) is 188 Å². The number of imidazole rings is 1. The van der Waals surface area contributed by atoms with E-state index in [9.17, 15) is 6.48 Å². The molecule has 0 unspecified atom stereocenters. The van der Waals surface area contributed by atoms with Crippen LogP contribution in [-0.4, -0.2) is 19.6 Å². The van der Waals surface area contributed by atoms with Gasteiger partial charge in [0.05, 0.1) is 22.3 Å². The summed E-state index contributed by atoms with van der Waals surface area (Å²) in [6.45, 7) is 19.3. The van der Waals surface area contributed by atoms with E-state index in [-0.39, 0.29) is 44.1 Å². The molecule has 72 heavy (non-hydrogen) atoms. The number of pyridine rings is 1. The van der Waals surface area contributed by atoms with Crippen LogP contribution in [0, 0.1) is 6.07 Å². The van der Waals surface area contributed by atoms with E-state index in [1.54, 1.807) is 0 Å². The van der Waals surface area contributed by atoms with Gasteiger partial charge in [0.25, 0.3) is 0 Å². The van der Waals surface area contributed by atoms with E-state index in [1.165, 1.54) is 11.1 Å². The van der Waals surface area contributed by atoms with Gasteiger partial charge in [-0.1, -0.05) is 213 Å². The second kappa shape index (κ2) is 20.5. The SMILES string of the molecule is [2H]C(C)(C)c1cc(-c2ccccc2)c(-n2c(-c3cc(C(C)C)cc(C(C)C)c3O)nc3c(-c4[c-]c(-c5cc(-c6ccc(-c7ccccc7)cc6)ccn5)cc(C(C)(C)C)c4)cccc32)cc1-c1ccccc1.[Pt]. The molecule has 1 N–H and O–H groups in total. The van der Waals surface area contributed by atoms with Crippen LogP contribution in [0.2, 0.25) is 0 Å². The van der Waals surface area contributed by atoms with Gasteiger partial charge in [0, 0.05) is 39.9 Å². The second-order valence-electron chi connectivity index (χ2n) is 20.7. The summed E-state index contributed by atoms with van der Waals surface area (Å²) in [6.07, 6.45) is 1.89. The van der Waals surface area contributed by atoms with Crippen molar-refractivity contribution in [2.24, 2.45) is 0 Å². The molecular weight excluding hydrogens is 1060 g/mol. The van der Waals surface area contributed by atoms with E-state index in [4.69, 9.17) is 9.97 Å². The fraction of sp³-hybridized carbons (Fsp3) is 0.194. The Morgan fingerprint density at radius 3 is 1.71 bits per heavy atom. The average Bonchev–Trinajstić information content (AvgIpc) is 3.78. The van der Waals surface area contributed by atoms with E-state index >= 15 is 0 Å². The number of aromatic nitrogens is 3. The van der Waals surface area contributed by atoms with Crippen LogP contribution in [0.3, 0.4) is 0 Å². The maximum Gasteiger partial charge on any atom is 0.148 e. The molecule has 0 aliphatic rings. The normalized spacial score (nSPS) is 12.1. The third-order valence-corrected chi connectivity index (χ3v) is 13.8. The minimum Gasteiger partial charge on any atom is -0.507 e. The second-order valence-corrected chi connectivity index (χ2v) is 20.7. The first-order valence-corrected chi connectivity index (χ1v) is 24.9. The molecule has 10 rings (SSSR count). The first-order chi connectivity index (χ1) is 34.5. The Morgan fingerprint density at radius 1 is 0.528 bits per heavy atom. The zero-order chi connectivity index (χ0) is 50.5. The van der Waals surface area contributed by atoms with Crippen LogP contribution in [0.1, 0.15) is 104 Å². The Hall–Kier alpha value is -7.13. The van der Waals surface area contributed by atoms with Crippen molar-refractivity contribution in [3.63, 3.8) is 0 Å². The molecule has 0 spiro atoms. The first-order valence-electron chi connectivity index (χ1n) is 25.4. The molecule has 362 valence electrons. The van der Waals surface area contributed by atoms with Gasteiger partial charge in [-0.3, -0.25) is 9.55 Å². The van der Waals surface area contributed by atoms with Gasteiger partial charge in [-0.2, -0.15) is 0 Å². The number of phenols is 1. The summed E-state index contributed by atoms with van der Waals surface area (Å²) in [6, 6.07) is 67.7. The van der Waals surface area contributed by atoms with Crippen LogP contribution in [0.25, 0.3) is 95.0 Å². The van der Waals surface area contributed by atoms with E-state index in [0.717, 1.165) is 94.7 Å². The van der Waals surface area contributed by atoms with Crippen molar-refractivity contribution in [2.45, 2.75) is 85.5 Å². The number of hydrogen-bond acceptors (Lipinski definition) is 3. The van der Waals surface area contributed by atoms with E-state index in [1.807, 2.05) is 38.2 Å². The van der Waals surface area contributed by atoms with Crippen LogP contribution < -0.4 is 0 Å². The molecule has 0 radical (unpaired) electrons. The maximum atomic E-state index is 12.5. The predicted octanol–water partition coefficient (Wildman–Crippen LogP) is 18.3. The van der Waals surface area contributed by atoms with Gasteiger partial charge in [-0.25, -0.2) is 4.98 Å². The van der Waals surface area contributed by atoms with Crippen molar-refractivity contribution in [1.29, 1.82) is 0 Å². The molecule has 0 bridgehead atoms. The summed E-state index contributed by atoms with van der Waals surface area (Å²) in [7, 11) is 0. The minimum atomic E-state index is -0.927. The third kappa shape index (κ3) is 9.78. The van der Waals surface area contributed by atoms with Crippen LogP contribution in [0.4, 0.5) is 0 Å². The average molecular weight is 1120 g/mol. The molecule has 2 aromatic heterocycles. The Labute approximate surface area is 442 Å². The molecule has 0 saturated heterocycles. The Morgan fingerprint density at radius 2 is 1.11 bits per heavy atom. The fourth-order valence-corrected chi connectivity index (χ4v) is 9.79. The summed E-state index contributed by atoms with van der Waals surface area (Å²) >= 11 is 0. The van der Waals surface area contributed by atoms with E-state index in [0.29, 0.717) is 11.4 Å². The fourth-order valence-electron chi connectivity index (χ4n) is 9.79. The molecule has 4 nitrogen and oxygen atoms in total.